The van der Waals surface area contributed by atoms with Gasteiger partial charge in [0.15, 0.2) is 11.6 Å². The van der Waals surface area contributed by atoms with Crippen LogP contribution in [0.5, 0.6) is 5.75 Å². The van der Waals surface area contributed by atoms with Gasteiger partial charge in [-0.1, -0.05) is 6.92 Å². The average Bonchev–Trinajstić information content (AvgIpc) is 2.32. The Morgan fingerprint density at radius 3 is 2.42 bits per heavy atom. The number of hydrogen-bond donors (Lipinski definition) is 0. The topological polar surface area (TPSA) is 52.6 Å². The molecular formula is C11H13ClF2O4S. The lowest BCUT2D eigenvalue weighted by Gasteiger charge is -2.09. The highest BCUT2D eigenvalue weighted by atomic mass is 35.7. The van der Waals surface area contributed by atoms with Gasteiger partial charge in [0.2, 0.25) is 5.82 Å². The number of rotatable bonds is 7. The number of hydrogen-bond acceptors (Lipinski definition) is 4. The fourth-order valence-corrected chi connectivity index (χ4v) is 2.16. The standard InChI is InChI=1S/C11H13ClF2O4S/c1-2-5-17-6-7-18-8-3-4-9(19(12,15)16)11(14)10(8)13/h3-4H,2,5-7H2,1H3. The first-order valence-electron chi connectivity index (χ1n) is 5.51. The van der Waals surface area contributed by atoms with E-state index in [-0.39, 0.29) is 19.0 Å². The van der Waals surface area contributed by atoms with Gasteiger partial charge in [0, 0.05) is 17.3 Å². The minimum Gasteiger partial charge on any atom is -0.488 e. The van der Waals surface area contributed by atoms with Gasteiger partial charge in [-0.25, -0.2) is 12.8 Å². The molecule has 0 N–H and O–H groups in total. The fourth-order valence-electron chi connectivity index (χ4n) is 1.27. The summed E-state index contributed by atoms with van der Waals surface area (Å²) in [4.78, 5) is -0.916. The molecular weight excluding hydrogens is 302 g/mol. The van der Waals surface area contributed by atoms with Crippen LogP contribution in [0.2, 0.25) is 0 Å². The second kappa shape index (κ2) is 7.02. The Morgan fingerprint density at radius 2 is 1.84 bits per heavy atom. The van der Waals surface area contributed by atoms with Crippen molar-refractivity contribution in [3.8, 4) is 5.75 Å². The van der Waals surface area contributed by atoms with Crippen LogP contribution in [0.25, 0.3) is 0 Å². The van der Waals surface area contributed by atoms with E-state index in [1.54, 1.807) is 0 Å². The Hall–Kier alpha value is -0.920. The van der Waals surface area contributed by atoms with Gasteiger partial charge in [-0.3, -0.25) is 0 Å². The first kappa shape index (κ1) is 16.1. The molecule has 4 nitrogen and oxygen atoms in total. The van der Waals surface area contributed by atoms with Crippen LogP contribution in [0.3, 0.4) is 0 Å². The lowest BCUT2D eigenvalue weighted by Crippen LogP contribution is -2.09. The zero-order chi connectivity index (χ0) is 14.5. The summed E-state index contributed by atoms with van der Waals surface area (Å²) in [7, 11) is 0.626. The van der Waals surface area contributed by atoms with Crippen LogP contribution in [-0.2, 0) is 13.8 Å². The molecule has 19 heavy (non-hydrogen) atoms. The Bertz CT molecular complexity index is 534. The zero-order valence-electron chi connectivity index (χ0n) is 10.2. The van der Waals surface area contributed by atoms with Gasteiger partial charge in [-0.2, -0.15) is 4.39 Å². The summed E-state index contributed by atoms with van der Waals surface area (Å²) in [5.74, 6) is -3.33. The van der Waals surface area contributed by atoms with E-state index in [1.807, 2.05) is 6.92 Å². The zero-order valence-corrected chi connectivity index (χ0v) is 11.7. The molecule has 0 aromatic heterocycles. The van der Waals surface area contributed by atoms with Crippen molar-refractivity contribution in [3.05, 3.63) is 23.8 Å². The van der Waals surface area contributed by atoms with Gasteiger partial charge in [0.05, 0.1) is 6.61 Å². The maximum atomic E-state index is 13.5. The first-order chi connectivity index (χ1) is 8.88. The molecule has 1 aromatic rings. The van der Waals surface area contributed by atoms with Crippen LogP contribution in [0, 0.1) is 11.6 Å². The van der Waals surface area contributed by atoms with Crippen molar-refractivity contribution in [2.45, 2.75) is 18.2 Å². The molecule has 1 rings (SSSR count). The van der Waals surface area contributed by atoms with Crippen LogP contribution in [0.1, 0.15) is 13.3 Å². The second-order valence-corrected chi connectivity index (χ2v) is 6.12. The molecule has 8 heteroatoms. The molecule has 0 aliphatic carbocycles. The molecule has 0 heterocycles. The van der Waals surface area contributed by atoms with Gasteiger partial charge < -0.3 is 9.47 Å². The number of ether oxygens (including phenoxy) is 2. The molecule has 0 aliphatic rings. The van der Waals surface area contributed by atoms with Gasteiger partial charge in [0.25, 0.3) is 9.05 Å². The quantitative estimate of drug-likeness (QED) is 0.573. The van der Waals surface area contributed by atoms with Gasteiger partial charge in [-0.15, -0.1) is 0 Å². The Labute approximate surface area is 114 Å². The molecule has 0 spiro atoms. The third kappa shape index (κ3) is 4.59. The van der Waals surface area contributed by atoms with Crippen molar-refractivity contribution < 1.29 is 26.7 Å². The molecule has 0 atom stereocenters. The van der Waals surface area contributed by atoms with Crippen molar-refractivity contribution in [1.29, 1.82) is 0 Å². The molecule has 0 radical (unpaired) electrons. The molecule has 0 unspecified atom stereocenters. The third-order valence-electron chi connectivity index (χ3n) is 2.11. The van der Waals surface area contributed by atoms with Crippen LogP contribution in [0.4, 0.5) is 8.78 Å². The lowest BCUT2D eigenvalue weighted by atomic mass is 10.3. The highest BCUT2D eigenvalue weighted by Crippen LogP contribution is 2.27. The van der Waals surface area contributed by atoms with E-state index in [2.05, 4.69) is 0 Å². The maximum absolute atomic E-state index is 13.5. The van der Waals surface area contributed by atoms with Crippen molar-refractivity contribution in [2.24, 2.45) is 0 Å². The summed E-state index contributed by atoms with van der Waals surface area (Å²) in [6.45, 7) is 2.73. The molecule has 0 fully saturated rings. The second-order valence-electron chi connectivity index (χ2n) is 3.59. The highest BCUT2D eigenvalue weighted by molar-refractivity contribution is 8.13. The van der Waals surface area contributed by atoms with Crippen molar-refractivity contribution in [1.82, 2.24) is 0 Å². The van der Waals surface area contributed by atoms with E-state index in [9.17, 15) is 17.2 Å². The van der Waals surface area contributed by atoms with Crippen LogP contribution in [-0.4, -0.2) is 28.2 Å². The van der Waals surface area contributed by atoms with Crippen molar-refractivity contribution in [3.63, 3.8) is 0 Å². The maximum Gasteiger partial charge on any atom is 0.264 e. The summed E-state index contributed by atoms with van der Waals surface area (Å²) in [5, 5.41) is 0. The lowest BCUT2D eigenvalue weighted by molar-refractivity contribution is 0.0988. The van der Waals surface area contributed by atoms with E-state index in [0.29, 0.717) is 6.61 Å². The smallest absolute Gasteiger partial charge is 0.264 e. The minimum absolute atomic E-state index is 0.0311. The summed E-state index contributed by atoms with van der Waals surface area (Å²) < 4.78 is 58.9. The van der Waals surface area contributed by atoms with Crippen molar-refractivity contribution in [2.75, 3.05) is 19.8 Å². The molecule has 0 bridgehead atoms. The Balaban J connectivity index is 2.75. The summed E-state index contributed by atoms with van der Waals surface area (Å²) in [6.07, 6.45) is 0.839. The first-order valence-corrected chi connectivity index (χ1v) is 7.82. The molecule has 0 saturated heterocycles. The van der Waals surface area contributed by atoms with Crippen LogP contribution >= 0.6 is 10.7 Å². The fraction of sp³-hybridized carbons (Fsp3) is 0.455. The normalized spacial score (nSPS) is 11.6. The summed E-state index contributed by atoms with van der Waals surface area (Å²) in [5.41, 5.74) is 0. The Kier molecular flexibility index (Phi) is 5.96. The monoisotopic (exact) mass is 314 g/mol. The SMILES string of the molecule is CCCOCCOc1ccc(S(=O)(=O)Cl)c(F)c1F. The average molecular weight is 315 g/mol. The van der Waals surface area contributed by atoms with Crippen LogP contribution < -0.4 is 4.74 Å². The van der Waals surface area contributed by atoms with E-state index >= 15 is 0 Å². The highest BCUT2D eigenvalue weighted by Gasteiger charge is 2.22. The minimum atomic E-state index is -4.33. The van der Waals surface area contributed by atoms with Gasteiger partial charge >= 0.3 is 0 Å². The largest absolute Gasteiger partial charge is 0.488 e. The predicted molar refractivity (Wildman–Crippen MR) is 66.0 cm³/mol. The van der Waals surface area contributed by atoms with Crippen molar-refractivity contribution >= 4 is 19.7 Å². The predicted octanol–water partition coefficient (Wildman–Crippen LogP) is 2.70. The van der Waals surface area contributed by atoms with Crippen LogP contribution in [0.15, 0.2) is 17.0 Å². The number of benzene rings is 1. The third-order valence-corrected chi connectivity index (χ3v) is 3.45. The molecule has 0 saturated carbocycles. The van der Waals surface area contributed by atoms with E-state index < -0.39 is 25.6 Å². The van der Waals surface area contributed by atoms with Gasteiger partial charge in [-0.05, 0) is 18.6 Å². The summed E-state index contributed by atoms with van der Waals surface area (Å²) >= 11 is 0. The molecule has 0 amide bonds. The summed E-state index contributed by atoms with van der Waals surface area (Å²) in [6, 6.07) is 1.86. The Morgan fingerprint density at radius 1 is 1.16 bits per heavy atom. The van der Waals surface area contributed by atoms with Gasteiger partial charge in [0.1, 0.15) is 11.5 Å². The van der Waals surface area contributed by atoms with E-state index in [1.165, 1.54) is 0 Å². The molecule has 0 aliphatic heterocycles. The molecule has 108 valence electrons. The van der Waals surface area contributed by atoms with E-state index in [0.717, 1.165) is 18.6 Å². The molecule has 1 aromatic carbocycles. The number of halogens is 3. The van der Waals surface area contributed by atoms with E-state index in [4.69, 9.17) is 20.2 Å².